The van der Waals surface area contributed by atoms with Crippen LogP contribution in [0.1, 0.15) is 18.9 Å². The Morgan fingerprint density at radius 2 is 2.05 bits per heavy atom. The molecule has 116 valence electrons. The summed E-state index contributed by atoms with van der Waals surface area (Å²) in [6.45, 7) is 5.04. The predicted molar refractivity (Wildman–Crippen MR) is 89.2 cm³/mol. The van der Waals surface area contributed by atoms with Gasteiger partial charge in [0.15, 0.2) is 0 Å². The van der Waals surface area contributed by atoms with E-state index >= 15 is 0 Å². The average molecular weight is 311 g/mol. The van der Waals surface area contributed by atoms with Gasteiger partial charge in [0, 0.05) is 29.9 Å². The summed E-state index contributed by atoms with van der Waals surface area (Å²) in [4.78, 5) is 15.0. The molecule has 21 heavy (non-hydrogen) atoms. The van der Waals surface area contributed by atoms with E-state index in [9.17, 15) is 4.79 Å². The average Bonchev–Trinajstić information content (AvgIpc) is 2.42. The van der Waals surface area contributed by atoms with Gasteiger partial charge in [-0.25, -0.2) is 4.79 Å². The number of carboxylic acids is 1. The standard InChI is InChI=1S/C16H23ClN2O2/c1-4-19(11-5-10-18(2)3)14-8-6-13(15(17)12-14)7-9-16(20)21/h6-9,12H,4-5,10-11H2,1-3H3,(H,20,21)/b9-7+. The fourth-order valence-electron chi connectivity index (χ4n) is 2.06. The van der Waals surface area contributed by atoms with Gasteiger partial charge in [-0.05, 0) is 57.8 Å². The summed E-state index contributed by atoms with van der Waals surface area (Å²) in [5.41, 5.74) is 1.78. The van der Waals surface area contributed by atoms with Crippen LogP contribution in [0.15, 0.2) is 24.3 Å². The molecule has 0 radical (unpaired) electrons. The zero-order valence-corrected chi connectivity index (χ0v) is 13.6. The smallest absolute Gasteiger partial charge is 0.328 e. The summed E-state index contributed by atoms with van der Waals surface area (Å²) in [5.74, 6) is -0.978. The van der Waals surface area contributed by atoms with Crippen LogP contribution in [0.4, 0.5) is 5.69 Å². The molecule has 0 spiro atoms. The number of anilines is 1. The minimum atomic E-state index is -0.978. The lowest BCUT2D eigenvalue weighted by Crippen LogP contribution is -2.26. The summed E-state index contributed by atoms with van der Waals surface area (Å²) in [5, 5.41) is 9.21. The summed E-state index contributed by atoms with van der Waals surface area (Å²) in [6, 6.07) is 5.72. The first-order valence-corrected chi connectivity index (χ1v) is 7.42. The molecule has 0 aliphatic heterocycles. The Labute approximate surface area is 131 Å². The zero-order chi connectivity index (χ0) is 15.8. The van der Waals surface area contributed by atoms with Crippen molar-refractivity contribution in [3.63, 3.8) is 0 Å². The maximum absolute atomic E-state index is 10.5. The minimum absolute atomic E-state index is 0.566. The Bertz CT molecular complexity index is 501. The molecule has 4 nitrogen and oxygen atoms in total. The van der Waals surface area contributed by atoms with E-state index in [0.717, 1.165) is 37.8 Å². The third-order valence-corrected chi connectivity index (χ3v) is 3.50. The number of aliphatic carboxylic acids is 1. The molecule has 1 rings (SSSR count). The Kier molecular flexibility index (Phi) is 7.26. The van der Waals surface area contributed by atoms with Crippen molar-refractivity contribution in [1.82, 2.24) is 4.90 Å². The van der Waals surface area contributed by atoms with Gasteiger partial charge in [-0.15, -0.1) is 0 Å². The van der Waals surface area contributed by atoms with E-state index in [1.54, 1.807) is 0 Å². The van der Waals surface area contributed by atoms with Crippen molar-refractivity contribution in [3.05, 3.63) is 34.9 Å². The van der Waals surface area contributed by atoms with Crippen LogP contribution in [0.3, 0.4) is 0 Å². The maximum Gasteiger partial charge on any atom is 0.328 e. The molecule has 0 amide bonds. The molecule has 1 aromatic carbocycles. The van der Waals surface area contributed by atoms with Crippen molar-refractivity contribution < 1.29 is 9.90 Å². The summed E-state index contributed by atoms with van der Waals surface area (Å²) >= 11 is 6.22. The van der Waals surface area contributed by atoms with Crippen molar-refractivity contribution in [2.24, 2.45) is 0 Å². The molecule has 0 saturated heterocycles. The Balaban J connectivity index is 2.77. The lowest BCUT2D eigenvalue weighted by Gasteiger charge is -2.24. The van der Waals surface area contributed by atoms with Gasteiger partial charge in [-0.2, -0.15) is 0 Å². The van der Waals surface area contributed by atoms with Crippen LogP contribution in [0, 0.1) is 0 Å². The van der Waals surface area contributed by atoms with Gasteiger partial charge in [0.2, 0.25) is 0 Å². The summed E-state index contributed by atoms with van der Waals surface area (Å²) < 4.78 is 0. The normalized spacial score (nSPS) is 11.3. The van der Waals surface area contributed by atoms with Crippen LogP contribution in [-0.2, 0) is 4.79 Å². The topological polar surface area (TPSA) is 43.8 Å². The second-order valence-electron chi connectivity index (χ2n) is 5.11. The number of benzene rings is 1. The molecule has 0 fully saturated rings. The number of hydrogen-bond acceptors (Lipinski definition) is 3. The van der Waals surface area contributed by atoms with Crippen LogP contribution < -0.4 is 4.90 Å². The number of rotatable bonds is 8. The Morgan fingerprint density at radius 3 is 2.57 bits per heavy atom. The van der Waals surface area contributed by atoms with E-state index in [0.29, 0.717) is 10.6 Å². The fourth-order valence-corrected chi connectivity index (χ4v) is 2.29. The van der Waals surface area contributed by atoms with Crippen LogP contribution in [0.2, 0.25) is 5.02 Å². The first kappa shape index (κ1) is 17.5. The van der Waals surface area contributed by atoms with Gasteiger partial charge in [-0.1, -0.05) is 17.7 Å². The molecular weight excluding hydrogens is 288 g/mol. The number of halogens is 1. The van der Waals surface area contributed by atoms with E-state index in [1.165, 1.54) is 6.08 Å². The summed E-state index contributed by atoms with van der Waals surface area (Å²) in [7, 11) is 4.13. The number of nitrogens with zero attached hydrogens (tertiary/aromatic N) is 2. The summed E-state index contributed by atoms with van der Waals surface area (Å²) in [6.07, 6.45) is 3.69. The van der Waals surface area contributed by atoms with Gasteiger partial charge in [0.05, 0.1) is 0 Å². The fraction of sp³-hybridized carbons (Fsp3) is 0.438. The van der Waals surface area contributed by atoms with E-state index < -0.39 is 5.97 Å². The molecular formula is C16H23ClN2O2. The first-order chi connectivity index (χ1) is 9.93. The van der Waals surface area contributed by atoms with Gasteiger partial charge in [-0.3, -0.25) is 0 Å². The predicted octanol–water partition coefficient (Wildman–Crippen LogP) is 3.22. The highest BCUT2D eigenvalue weighted by Crippen LogP contribution is 2.25. The first-order valence-electron chi connectivity index (χ1n) is 7.04. The van der Waals surface area contributed by atoms with Crippen LogP contribution in [0.25, 0.3) is 6.08 Å². The second kappa shape index (κ2) is 8.70. The van der Waals surface area contributed by atoms with Crippen LogP contribution >= 0.6 is 11.6 Å². The molecule has 0 atom stereocenters. The Hall–Kier alpha value is -1.52. The van der Waals surface area contributed by atoms with Gasteiger partial charge >= 0.3 is 5.97 Å². The van der Waals surface area contributed by atoms with E-state index in [4.69, 9.17) is 16.7 Å². The molecule has 0 saturated carbocycles. The third-order valence-electron chi connectivity index (χ3n) is 3.17. The Morgan fingerprint density at radius 1 is 1.33 bits per heavy atom. The number of hydrogen-bond donors (Lipinski definition) is 1. The van der Waals surface area contributed by atoms with E-state index in [-0.39, 0.29) is 0 Å². The van der Waals surface area contributed by atoms with Crippen molar-refractivity contribution >= 4 is 29.3 Å². The molecule has 0 heterocycles. The number of carbonyl (C=O) groups is 1. The van der Waals surface area contributed by atoms with Crippen molar-refractivity contribution in [3.8, 4) is 0 Å². The highest BCUT2D eigenvalue weighted by Gasteiger charge is 2.07. The van der Waals surface area contributed by atoms with Gasteiger partial charge in [0.1, 0.15) is 0 Å². The van der Waals surface area contributed by atoms with Crippen molar-refractivity contribution in [2.45, 2.75) is 13.3 Å². The minimum Gasteiger partial charge on any atom is -0.478 e. The van der Waals surface area contributed by atoms with Crippen LogP contribution in [0.5, 0.6) is 0 Å². The maximum atomic E-state index is 10.5. The SMILES string of the molecule is CCN(CCCN(C)C)c1ccc(/C=C/C(=O)O)c(Cl)c1. The third kappa shape index (κ3) is 6.19. The highest BCUT2D eigenvalue weighted by molar-refractivity contribution is 6.32. The van der Waals surface area contributed by atoms with E-state index in [1.807, 2.05) is 18.2 Å². The molecule has 0 unspecified atom stereocenters. The highest BCUT2D eigenvalue weighted by atomic mass is 35.5. The lowest BCUT2D eigenvalue weighted by atomic mass is 10.1. The van der Waals surface area contributed by atoms with Gasteiger partial charge < -0.3 is 14.9 Å². The monoisotopic (exact) mass is 310 g/mol. The van der Waals surface area contributed by atoms with Crippen molar-refractivity contribution in [1.29, 1.82) is 0 Å². The largest absolute Gasteiger partial charge is 0.478 e. The molecule has 0 bridgehead atoms. The molecule has 0 aromatic heterocycles. The molecule has 5 heteroatoms. The van der Waals surface area contributed by atoms with E-state index in [2.05, 4.69) is 30.8 Å². The lowest BCUT2D eigenvalue weighted by molar-refractivity contribution is -0.131. The second-order valence-corrected chi connectivity index (χ2v) is 5.52. The van der Waals surface area contributed by atoms with Crippen LogP contribution in [-0.4, -0.2) is 49.7 Å². The molecule has 1 N–H and O–H groups in total. The molecule has 0 aliphatic rings. The zero-order valence-electron chi connectivity index (χ0n) is 12.8. The molecule has 1 aromatic rings. The van der Waals surface area contributed by atoms with Crippen molar-refractivity contribution in [2.75, 3.05) is 38.6 Å². The molecule has 0 aliphatic carbocycles. The number of carboxylic acid groups (broad SMARTS) is 1. The van der Waals surface area contributed by atoms with Gasteiger partial charge in [0.25, 0.3) is 0 Å². The quantitative estimate of drug-likeness (QED) is 0.749.